The van der Waals surface area contributed by atoms with Gasteiger partial charge in [-0.05, 0) is 0 Å². The molecule has 0 unspecified atom stereocenters. The molecule has 0 saturated heterocycles. The van der Waals surface area contributed by atoms with Gasteiger partial charge in [0, 0.05) is 12.8 Å². The minimum absolute atomic E-state index is 0.00405. The molecule has 1 atom stereocenters. The van der Waals surface area contributed by atoms with Gasteiger partial charge in [-0.2, -0.15) is 0 Å². The van der Waals surface area contributed by atoms with E-state index in [9.17, 15) is 14.7 Å². The topological polar surface area (TPSA) is 116 Å². The normalized spacial score (nSPS) is 24.8. The third kappa shape index (κ3) is 3.18. The summed E-state index contributed by atoms with van der Waals surface area (Å²) in [6.45, 7) is -0.967. The Morgan fingerprint density at radius 3 is 2.65 bits per heavy atom. The van der Waals surface area contributed by atoms with Crippen molar-refractivity contribution in [2.75, 3.05) is 20.3 Å². The van der Waals surface area contributed by atoms with Gasteiger partial charge in [0.25, 0.3) is 0 Å². The Morgan fingerprint density at radius 1 is 1.53 bits per heavy atom. The molecular formula is C10H15NO6. The summed E-state index contributed by atoms with van der Waals surface area (Å²) in [5.41, 5.74) is -1.36. The van der Waals surface area contributed by atoms with E-state index < -0.39 is 30.5 Å². The van der Waals surface area contributed by atoms with Crippen molar-refractivity contribution in [2.24, 2.45) is 0 Å². The molecule has 1 aliphatic rings. The highest BCUT2D eigenvalue weighted by atomic mass is 16.5. The maximum atomic E-state index is 11.6. The number of carboxylic acids is 1. The number of nitrogens with one attached hydrogen (secondary N) is 1. The number of aliphatic hydroxyl groups excluding tert-OH is 1. The molecule has 0 bridgehead atoms. The maximum absolute atomic E-state index is 11.6. The Bertz CT molecular complexity index is 364. The summed E-state index contributed by atoms with van der Waals surface area (Å²) < 4.78 is 4.87. The van der Waals surface area contributed by atoms with Crippen LogP contribution in [-0.2, 0) is 14.3 Å². The van der Waals surface area contributed by atoms with Crippen LogP contribution in [0.4, 0.5) is 0 Å². The van der Waals surface area contributed by atoms with Crippen molar-refractivity contribution >= 4 is 11.8 Å². The number of rotatable bonds is 5. The summed E-state index contributed by atoms with van der Waals surface area (Å²) in [5, 5.41) is 29.9. The quantitative estimate of drug-likeness (QED) is 0.471. The summed E-state index contributed by atoms with van der Waals surface area (Å²) in [6, 6.07) is 0. The lowest BCUT2D eigenvalue weighted by molar-refractivity contribution is -0.136. The molecule has 0 fully saturated rings. The lowest BCUT2D eigenvalue weighted by atomic mass is 9.86. The van der Waals surface area contributed by atoms with Crippen molar-refractivity contribution < 1.29 is 29.6 Å². The predicted molar refractivity (Wildman–Crippen MR) is 56.0 cm³/mol. The van der Waals surface area contributed by atoms with Crippen LogP contribution in [0.5, 0.6) is 0 Å². The smallest absolute Gasteiger partial charge is 0.322 e. The van der Waals surface area contributed by atoms with E-state index in [1.807, 2.05) is 0 Å². The second-order valence-corrected chi connectivity index (χ2v) is 3.92. The molecule has 0 aromatic carbocycles. The van der Waals surface area contributed by atoms with Gasteiger partial charge in [0.2, 0.25) is 5.78 Å². The summed E-state index contributed by atoms with van der Waals surface area (Å²) in [7, 11) is 1.29. The molecule has 96 valence electrons. The van der Waals surface area contributed by atoms with Crippen LogP contribution in [0.25, 0.3) is 0 Å². The van der Waals surface area contributed by atoms with Gasteiger partial charge in [0.15, 0.2) is 5.76 Å². The van der Waals surface area contributed by atoms with Crippen LogP contribution < -0.4 is 5.32 Å². The molecule has 7 heteroatoms. The Hall–Kier alpha value is -1.60. The molecule has 17 heavy (non-hydrogen) atoms. The van der Waals surface area contributed by atoms with Crippen molar-refractivity contribution in [1.82, 2.24) is 5.32 Å². The van der Waals surface area contributed by atoms with E-state index in [2.05, 4.69) is 5.32 Å². The first-order valence-electron chi connectivity index (χ1n) is 5.01. The predicted octanol–water partition coefficient (Wildman–Crippen LogP) is -1.40. The van der Waals surface area contributed by atoms with Crippen LogP contribution in [0, 0.1) is 0 Å². The molecule has 1 rings (SSSR count). The third-order valence-corrected chi connectivity index (χ3v) is 2.47. The largest absolute Gasteiger partial charge is 0.491 e. The number of ketones is 1. The van der Waals surface area contributed by atoms with E-state index in [0.717, 1.165) is 0 Å². The first kappa shape index (κ1) is 13.5. The summed E-state index contributed by atoms with van der Waals surface area (Å²) in [6.07, 6.45) is -0.295. The van der Waals surface area contributed by atoms with Gasteiger partial charge in [-0.1, -0.05) is 0 Å². The minimum atomic E-state index is -1.56. The molecule has 0 heterocycles. The van der Waals surface area contributed by atoms with Gasteiger partial charge < -0.3 is 25.4 Å². The van der Waals surface area contributed by atoms with Crippen LogP contribution in [-0.4, -0.2) is 52.9 Å². The highest BCUT2D eigenvalue weighted by Crippen LogP contribution is 2.29. The Kier molecular flexibility index (Phi) is 4.08. The molecule has 0 aromatic heterocycles. The molecular weight excluding hydrogens is 230 g/mol. The van der Waals surface area contributed by atoms with E-state index in [4.69, 9.17) is 14.9 Å². The number of methoxy groups -OCH3 is 1. The maximum Gasteiger partial charge on any atom is 0.322 e. The number of carboxylic acid groups (broad SMARTS) is 1. The third-order valence-electron chi connectivity index (χ3n) is 2.47. The van der Waals surface area contributed by atoms with Crippen molar-refractivity contribution in [3.8, 4) is 0 Å². The number of hydrogen-bond acceptors (Lipinski definition) is 6. The monoisotopic (exact) mass is 245 g/mol. The molecule has 0 aliphatic heterocycles. The SMILES string of the molecule is COC1=C(NCC(=O)O)C[C@](O)(CO)CC1=O. The molecule has 0 radical (unpaired) electrons. The van der Waals surface area contributed by atoms with Gasteiger partial charge in [-0.25, -0.2) is 0 Å². The van der Waals surface area contributed by atoms with Crippen molar-refractivity contribution in [1.29, 1.82) is 0 Å². The van der Waals surface area contributed by atoms with Crippen LogP contribution >= 0.6 is 0 Å². The van der Waals surface area contributed by atoms with E-state index in [1.54, 1.807) is 0 Å². The lowest BCUT2D eigenvalue weighted by Gasteiger charge is -2.31. The molecule has 0 amide bonds. The van der Waals surface area contributed by atoms with Gasteiger partial charge >= 0.3 is 5.97 Å². The number of Topliss-reactive ketones (excluding diaryl/α,β-unsaturated/α-hetero) is 1. The van der Waals surface area contributed by atoms with Gasteiger partial charge in [0.05, 0.1) is 19.4 Å². The standard InChI is InChI=1S/C10H15NO6/c1-17-9-6(11-4-8(14)15)2-10(16,5-12)3-7(9)13/h11-12,16H,2-5H2,1H3,(H,14,15)/t10-/m1/s1. The zero-order valence-corrected chi connectivity index (χ0v) is 9.39. The number of hydrogen-bond donors (Lipinski definition) is 4. The zero-order chi connectivity index (χ0) is 13.1. The van der Waals surface area contributed by atoms with Crippen LogP contribution in [0.2, 0.25) is 0 Å². The van der Waals surface area contributed by atoms with E-state index in [0.29, 0.717) is 0 Å². The molecule has 4 N–H and O–H groups in total. The Morgan fingerprint density at radius 2 is 2.18 bits per heavy atom. The minimum Gasteiger partial charge on any atom is -0.491 e. The van der Waals surface area contributed by atoms with Gasteiger partial charge in [0.1, 0.15) is 12.1 Å². The summed E-state index contributed by atoms with van der Waals surface area (Å²) in [5.74, 6) is -1.56. The average molecular weight is 245 g/mol. The molecule has 0 saturated carbocycles. The second kappa shape index (κ2) is 5.15. The lowest BCUT2D eigenvalue weighted by Crippen LogP contribution is -2.43. The number of aliphatic carboxylic acids is 1. The van der Waals surface area contributed by atoms with Crippen LogP contribution in [0.15, 0.2) is 11.5 Å². The number of ether oxygens (including phenoxy) is 1. The number of allylic oxidation sites excluding steroid dienone is 1. The Labute approximate surface area is 97.7 Å². The first-order chi connectivity index (χ1) is 7.91. The fraction of sp³-hybridized carbons (Fsp3) is 0.600. The van der Waals surface area contributed by atoms with Crippen molar-refractivity contribution in [3.05, 3.63) is 11.5 Å². The number of carbonyl (C=O) groups excluding carboxylic acids is 1. The highest BCUT2D eigenvalue weighted by Gasteiger charge is 2.38. The van der Waals surface area contributed by atoms with E-state index in [1.165, 1.54) is 7.11 Å². The zero-order valence-electron chi connectivity index (χ0n) is 9.39. The fourth-order valence-corrected chi connectivity index (χ4v) is 1.69. The van der Waals surface area contributed by atoms with Crippen molar-refractivity contribution in [2.45, 2.75) is 18.4 Å². The van der Waals surface area contributed by atoms with Gasteiger partial charge in [-0.3, -0.25) is 9.59 Å². The van der Waals surface area contributed by atoms with Crippen LogP contribution in [0.3, 0.4) is 0 Å². The van der Waals surface area contributed by atoms with E-state index >= 15 is 0 Å². The van der Waals surface area contributed by atoms with Crippen LogP contribution in [0.1, 0.15) is 12.8 Å². The fourth-order valence-electron chi connectivity index (χ4n) is 1.69. The Balaban J connectivity index is 2.92. The number of aliphatic hydroxyl groups is 2. The molecule has 0 aromatic rings. The second-order valence-electron chi connectivity index (χ2n) is 3.92. The van der Waals surface area contributed by atoms with Crippen molar-refractivity contribution in [3.63, 3.8) is 0 Å². The molecule has 0 spiro atoms. The molecule has 7 nitrogen and oxygen atoms in total. The summed E-state index contributed by atoms with van der Waals surface area (Å²) >= 11 is 0. The van der Waals surface area contributed by atoms with E-state index in [-0.39, 0.29) is 24.3 Å². The summed E-state index contributed by atoms with van der Waals surface area (Å²) in [4.78, 5) is 22.0. The van der Waals surface area contributed by atoms with Gasteiger partial charge in [-0.15, -0.1) is 0 Å². The average Bonchev–Trinajstić information content (AvgIpc) is 2.26. The first-order valence-corrected chi connectivity index (χ1v) is 5.01. The molecule has 1 aliphatic carbocycles. The number of carbonyl (C=O) groups is 2. The highest BCUT2D eigenvalue weighted by molar-refractivity contribution is 5.96.